The van der Waals surface area contributed by atoms with E-state index in [1.54, 1.807) is 6.92 Å². The Bertz CT molecular complexity index is 346. The van der Waals surface area contributed by atoms with Crippen molar-refractivity contribution >= 4 is 11.5 Å². The highest BCUT2D eigenvalue weighted by Crippen LogP contribution is 2.09. The van der Waals surface area contributed by atoms with Crippen molar-refractivity contribution in [2.24, 2.45) is 5.73 Å². The molecule has 1 atom stereocenters. The molecule has 3 nitrogen and oxygen atoms in total. The zero-order chi connectivity index (χ0) is 11.3. The molecule has 80 valence electrons. The fraction of sp³-hybridized carbons (Fsp3) is 0.250. The van der Waals surface area contributed by atoms with Gasteiger partial charge in [0.05, 0.1) is 6.04 Å². The monoisotopic (exact) mass is 204 g/mol. The van der Waals surface area contributed by atoms with Crippen molar-refractivity contribution in [3.8, 4) is 0 Å². The minimum atomic E-state index is -0.351. The van der Waals surface area contributed by atoms with E-state index in [-0.39, 0.29) is 11.9 Å². The van der Waals surface area contributed by atoms with Crippen LogP contribution in [-0.4, -0.2) is 18.5 Å². The standard InChI is InChI=1S/C12H16N2O/c1-9(8-14-10(2)12(13)15)11-6-4-3-5-7-11/h3-7,10,14H,1,8H2,2H3,(H2,13,15). The summed E-state index contributed by atoms with van der Waals surface area (Å²) >= 11 is 0. The molecule has 0 aliphatic heterocycles. The van der Waals surface area contributed by atoms with E-state index in [9.17, 15) is 4.79 Å². The molecule has 3 N–H and O–H groups in total. The minimum Gasteiger partial charge on any atom is -0.368 e. The molecule has 0 aliphatic carbocycles. The van der Waals surface area contributed by atoms with E-state index >= 15 is 0 Å². The maximum Gasteiger partial charge on any atom is 0.234 e. The fourth-order valence-corrected chi connectivity index (χ4v) is 1.15. The Labute approximate surface area is 90.0 Å². The van der Waals surface area contributed by atoms with Gasteiger partial charge >= 0.3 is 0 Å². The van der Waals surface area contributed by atoms with Crippen LogP contribution in [0.1, 0.15) is 12.5 Å². The van der Waals surface area contributed by atoms with Gasteiger partial charge in [0.2, 0.25) is 5.91 Å². The Hall–Kier alpha value is -1.61. The van der Waals surface area contributed by atoms with Crippen LogP contribution in [0.25, 0.3) is 5.57 Å². The third-order valence-corrected chi connectivity index (χ3v) is 2.23. The van der Waals surface area contributed by atoms with Crippen LogP contribution in [0.4, 0.5) is 0 Å². The predicted molar refractivity (Wildman–Crippen MR) is 62.1 cm³/mol. The summed E-state index contributed by atoms with van der Waals surface area (Å²) in [5.74, 6) is -0.351. The maximum atomic E-state index is 10.8. The molecular formula is C12H16N2O. The van der Waals surface area contributed by atoms with E-state index in [1.807, 2.05) is 30.3 Å². The second-order valence-corrected chi connectivity index (χ2v) is 3.47. The van der Waals surface area contributed by atoms with E-state index in [0.29, 0.717) is 6.54 Å². The van der Waals surface area contributed by atoms with Gasteiger partial charge in [0.15, 0.2) is 0 Å². The van der Waals surface area contributed by atoms with E-state index in [1.165, 1.54) is 0 Å². The third-order valence-electron chi connectivity index (χ3n) is 2.23. The Kier molecular flexibility index (Phi) is 4.06. The number of primary amides is 1. The molecule has 3 heteroatoms. The van der Waals surface area contributed by atoms with Crippen LogP contribution in [0.2, 0.25) is 0 Å². The van der Waals surface area contributed by atoms with Crippen LogP contribution in [-0.2, 0) is 4.79 Å². The lowest BCUT2D eigenvalue weighted by Crippen LogP contribution is -2.39. The van der Waals surface area contributed by atoms with Gasteiger partial charge in [0, 0.05) is 6.54 Å². The van der Waals surface area contributed by atoms with E-state index in [0.717, 1.165) is 11.1 Å². The van der Waals surface area contributed by atoms with Crippen molar-refractivity contribution in [3.05, 3.63) is 42.5 Å². The first kappa shape index (κ1) is 11.5. The molecule has 1 aromatic carbocycles. The largest absolute Gasteiger partial charge is 0.368 e. The molecule has 1 rings (SSSR count). The summed E-state index contributed by atoms with van der Waals surface area (Å²) in [5, 5.41) is 3.01. The second-order valence-electron chi connectivity index (χ2n) is 3.47. The average Bonchev–Trinajstić information content (AvgIpc) is 2.26. The Morgan fingerprint density at radius 3 is 2.60 bits per heavy atom. The van der Waals surface area contributed by atoms with Gasteiger partial charge in [-0.05, 0) is 18.1 Å². The van der Waals surface area contributed by atoms with Gasteiger partial charge in [-0.1, -0.05) is 36.9 Å². The van der Waals surface area contributed by atoms with Crippen molar-refractivity contribution in [1.29, 1.82) is 0 Å². The molecule has 0 saturated carbocycles. The van der Waals surface area contributed by atoms with Crippen LogP contribution < -0.4 is 11.1 Å². The van der Waals surface area contributed by atoms with Gasteiger partial charge in [-0.25, -0.2) is 0 Å². The highest BCUT2D eigenvalue weighted by Gasteiger charge is 2.07. The normalized spacial score (nSPS) is 12.1. The lowest BCUT2D eigenvalue weighted by molar-refractivity contribution is -0.119. The Morgan fingerprint density at radius 1 is 1.47 bits per heavy atom. The summed E-state index contributed by atoms with van der Waals surface area (Å²) in [5.41, 5.74) is 7.15. The van der Waals surface area contributed by atoms with Crippen molar-refractivity contribution in [2.45, 2.75) is 13.0 Å². The van der Waals surface area contributed by atoms with Crippen LogP contribution in [0.15, 0.2) is 36.9 Å². The number of carbonyl (C=O) groups is 1. The lowest BCUT2D eigenvalue weighted by atomic mass is 10.1. The van der Waals surface area contributed by atoms with E-state index < -0.39 is 0 Å². The van der Waals surface area contributed by atoms with Gasteiger partial charge in [-0.3, -0.25) is 4.79 Å². The summed E-state index contributed by atoms with van der Waals surface area (Å²) in [6.45, 7) is 6.24. The molecule has 0 aromatic heterocycles. The minimum absolute atomic E-state index is 0.328. The zero-order valence-corrected chi connectivity index (χ0v) is 8.86. The van der Waals surface area contributed by atoms with Crippen LogP contribution >= 0.6 is 0 Å². The SMILES string of the molecule is C=C(CNC(C)C(N)=O)c1ccccc1. The van der Waals surface area contributed by atoms with Gasteiger partial charge in [-0.2, -0.15) is 0 Å². The zero-order valence-electron chi connectivity index (χ0n) is 8.86. The topological polar surface area (TPSA) is 55.1 Å². The second kappa shape index (κ2) is 5.32. The van der Waals surface area contributed by atoms with Crippen molar-refractivity contribution < 1.29 is 4.79 Å². The van der Waals surface area contributed by atoms with Crippen LogP contribution in [0.3, 0.4) is 0 Å². The summed E-state index contributed by atoms with van der Waals surface area (Å²) in [6, 6.07) is 9.51. The van der Waals surface area contributed by atoms with Gasteiger partial charge in [0.25, 0.3) is 0 Å². The smallest absolute Gasteiger partial charge is 0.234 e. The van der Waals surface area contributed by atoms with Crippen molar-refractivity contribution in [3.63, 3.8) is 0 Å². The van der Waals surface area contributed by atoms with Crippen molar-refractivity contribution in [1.82, 2.24) is 5.32 Å². The number of rotatable bonds is 5. The third kappa shape index (κ3) is 3.56. The van der Waals surface area contributed by atoms with Crippen LogP contribution in [0.5, 0.6) is 0 Å². The molecular weight excluding hydrogens is 188 g/mol. The highest BCUT2D eigenvalue weighted by molar-refractivity contribution is 5.79. The Morgan fingerprint density at radius 2 is 2.07 bits per heavy atom. The van der Waals surface area contributed by atoms with Gasteiger partial charge < -0.3 is 11.1 Å². The fourth-order valence-electron chi connectivity index (χ4n) is 1.15. The highest BCUT2D eigenvalue weighted by atomic mass is 16.1. The van der Waals surface area contributed by atoms with Crippen LogP contribution in [0, 0.1) is 0 Å². The number of amides is 1. The summed E-state index contributed by atoms with van der Waals surface area (Å²) in [7, 11) is 0. The van der Waals surface area contributed by atoms with E-state index in [4.69, 9.17) is 5.73 Å². The number of carbonyl (C=O) groups excluding carboxylic acids is 1. The van der Waals surface area contributed by atoms with E-state index in [2.05, 4.69) is 11.9 Å². The lowest BCUT2D eigenvalue weighted by Gasteiger charge is -2.11. The number of nitrogens with two attached hydrogens (primary N) is 1. The molecule has 1 unspecified atom stereocenters. The average molecular weight is 204 g/mol. The number of benzene rings is 1. The quantitative estimate of drug-likeness (QED) is 0.756. The number of hydrogen-bond acceptors (Lipinski definition) is 2. The van der Waals surface area contributed by atoms with Gasteiger partial charge in [-0.15, -0.1) is 0 Å². The van der Waals surface area contributed by atoms with Gasteiger partial charge in [0.1, 0.15) is 0 Å². The summed E-state index contributed by atoms with van der Waals surface area (Å²) in [6.07, 6.45) is 0. The molecule has 0 fully saturated rings. The molecule has 0 aliphatic rings. The summed E-state index contributed by atoms with van der Waals surface area (Å²) < 4.78 is 0. The van der Waals surface area contributed by atoms with Crippen molar-refractivity contribution in [2.75, 3.05) is 6.54 Å². The maximum absolute atomic E-state index is 10.8. The first-order valence-corrected chi connectivity index (χ1v) is 4.87. The molecule has 0 heterocycles. The summed E-state index contributed by atoms with van der Waals surface area (Å²) in [4.78, 5) is 10.8. The number of hydrogen-bond donors (Lipinski definition) is 2. The molecule has 0 radical (unpaired) electrons. The molecule has 1 aromatic rings. The molecule has 0 bridgehead atoms. The number of nitrogens with one attached hydrogen (secondary N) is 1. The first-order valence-electron chi connectivity index (χ1n) is 4.87. The molecule has 15 heavy (non-hydrogen) atoms. The molecule has 0 spiro atoms. The molecule has 1 amide bonds. The molecule has 0 saturated heterocycles. The predicted octanol–water partition coefficient (Wildman–Crippen LogP) is 1.16. The first-order chi connectivity index (χ1) is 7.11. The Balaban J connectivity index is 2.47.